The Morgan fingerprint density at radius 2 is 0.889 bits per heavy atom. The van der Waals surface area contributed by atoms with E-state index in [4.69, 9.17) is 0 Å². The summed E-state index contributed by atoms with van der Waals surface area (Å²) in [6, 6.07) is 35.9. The second kappa shape index (κ2) is 14.7. The first-order valence-corrected chi connectivity index (χ1v) is 13.0. The van der Waals surface area contributed by atoms with E-state index < -0.39 is 0 Å². The van der Waals surface area contributed by atoms with Gasteiger partial charge in [0, 0.05) is 0 Å². The van der Waals surface area contributed by atoms with Crippen molar-refractivity contribution in [2.75, 3.05) is 0 Å². The van der Waals surface area contributed by atoms with E-state index in [1.54, 1.807) is 0 Å². The van der Waals surface area contributed by atoms with Crippen molar-refractivity contribution in [1.29, 1.82) is 0 Å². The van der Waals surface area contributed by atoms with Crippen LogP contribution in [0.25, 0.3) is 10.8 Å². The van der Waals surface area contributed by atoms with Gasteiger partial charge in [-0.2, -0.15) is 0 Å². The molecule has 0 nitrogen and oxygen atoms in total. The summed E-state index contributed by atoms with van der Waals surface area (Å²) in [5.74, 6) is 4.22. The first-order valence-electron chi connectivity index (χ1n) is 13.0. The van der Waals surface area contributed by atoms with Crippen molar-refractivity contribution >= 4 is 10.8 Å². The fraction of sp³-hybridized carbons (Fsp3) is 0.294. The standard InChI is InChI=1S/C34H38.2Li/c1-5-25(3)21-33(28-13-9-7-10-14-28)30-19-17-27-18-20-31(24-32(27)23-30)34(22-26(4)6-2)29-15-11-8-12-16-29;;/h7-20,23-26H,5-6,21-22H2,1-4H3;;/q-2;2*+1. The minimum Gasteiger partial charge on any atom is -0.120 e. The van der Waals surface area contributed by atoms with Crippen LogP contribution in [0.15, 0.2) is 97.1 Å². The molecule has 0 bridgehead atoms. The molecule has 2 unspecified atom stereocenters. The summed E-state index contributed by atoms with van der Waals surface area (Å²) >= 11 is 0. The van der Waals surface area contributed by atoms with Gasteiger partial charge >= 0.3 is 37.7 Å². The van der Waals surface area contributed by atoms with Crippen molar-refractivity contribution in [2.45, 2.75) is 53.4 Å². The molecule has 176 valence electrons. The Bertz CT molecular complexity index is 1080. The molecular weight excluding hydrogens is 422 g/mol. The zero-order valence-electron chi connectivity index (χ0n) is 23.2. The Morgan fingerprint density at radius 1 is 0.500 bits per heavy atom. The van der Waals surface area contributed by atoms with Gasteiger partial charge < -0.3 is 0 Å². The molecule has 0 amide bonds. The van der Waals surface area contributed by atoms with E-state index in [1.165, 1.54) is 57.7 Å². The Kier molecular flexibility index (Phi) is 12.4. The van der Waals surface area contributed by atoms with E-state index >= 15 is 0 Å². The number of hydrogen-bond acceptors (Lipinski definition) is 0. The number of fused-ring (bicyclic) bond motifs is 1. The SMILES string of the molecule is CCC(C)C[C-](c1ccccc1)c1ccc2ccc([C-](CC(C)CC)c3ccccc3)cc2c1.[Li+].[Li+]. The predicted octanol–water partition coefficient (Wildman–Crippen LogP) is 3.66. The molecule has 36 heavy (non-hydrogen) atoms. The van der Waals surface area contributed by atoms with Crippen LogP contribution in [0, 0.1) is 23.7 Å². The van der Waals surface area contributed by atoms with E-state index in [2.05, 4.69) is 125 Å². The third-order valence-corrected chi connectivity index (χ3v) is 7.28. The molecule has 4 rings (SSSR count). The monoisotopic (exact) mass is 460 g/mol. The normalized spacial score (nSPS) is 12.2. The maximum Gasteiger partial charge on any atom is 1.00 e. The third kappa shape index (κ3) is 7.54. The van der Waals surface area contributed by atoms with Gasteiger partial charge in [0.25, 0.3) is 0 Å². The van der Waals surface area contributed by atoms with Crippen molar-refractivity contribution in [1.82, 2.24) is 0 Å². The smallest absolute Gasteiger partial charge is 0.120 e. The van der Waals surface area contributed by atoms with E-state index in [1.807, 2.05) is 0 Å². The molecule has 0 heterocycles. The van der Waals surface area contributed by atoms with Crippen LogP contribution in [0.5, 0.6) is 0 Å². The Balaban J connectivity index is 0.00000228. The van der Waals surface area contributed by atoms with Gasteiger partial charge in [0.15, 0.2) is 0 Å². The molecule has 0 aliphatic rings. The van der Waals surface area contributed by atoms with Crippen LogP contribution in [0.4, 0.5) is 0 Å². The average Bonchev–Trinajstić information content (AvgIpc) is 2.90. The molecule has 0 saturated heterocycles. The molecule has 0 aliphatic carbocycles. The van der Waals surface area contributed by atoms with Crippen LogP contribution < -0.4 is 37.7 Å². The van der Waals surface area contributed by atoms with Gasteiger partial charge in [-0.3, -0.25) is 0 Å². The first kappa shape index (κ1) is 30.3. The third-order valence-electron chi connectivity index (χ3n) is 7.28. The minimum atomic E-state index is 0. The summed E-state index contributed by atoms with van der Waals surface area (Å²) in [7, 11) is 0. The van der Waals surface area contributed by atoms with E-state index in [9.17, 15) is 0 Å². The van der Waals surface area contributed by atoms with Crippen LogP contribution in [0.1, 0.15) is 75.6 Å². The van der Waals surface area contributed by atoms with Gasteiger partial charge in [0.05, 0.1) is 0 Å². The Morgan fingerprint density at radius 3 is 1.25 bits per heavy atom. The predicted molar refractivity (Wildman–Crippen MR) is 148 cm³/mol. The second-order valence-corrected chi connectivity index (χ2v) is 9.90. The van der Waals surface area contributed by atoms with Crippen molar-refractivity contribution in [2.24, 2.45) is 11.8 Å². The Labute approximate surface area is 243 Å². The summed E-state index contributed by atoms with van der Waals surface area (Å²) in [4.78, 5) is 0. The molecule has 0 spiro atoms. The number of rotatable bonds is 10. The van der Waals surface area contributed by atoms with Gasteiger partial charge in [-0.15, -0.1) is 82.6 Å². The van der Waals surface area contributed by atoms with Crippen molar-refractivity contribution in [3.63, 3.8) is 0 Å². The zero-order valence-corrected chi connectivity index (χ0v) is 23.2. The summed E-state index contributed by atoms with van der Waals surface area (Å²) in [6.45, 7) is 9.30. The maximum atomic E-state index is 2.41. The average molecular weight is 461 g/mol. The fourth-order valence-electron chi connectivity index (χ4n) is 4.69. The van der Waals surface area contributed by atoms with Crippen molar-refractivity contribution in [3.8, 4) is 0 Å². The molecule has 0 N–H and O–H groups in total. The maximum absolute atomic E-state index is 2.41. The Hall–Kier alpha value is -1.93. The molecule has 2 heteroatoms. The fourth-order valence-corrected chi connectivity index (χ4v) is 4.69. The topological polar surface area (TPSA) is 0 Å². The van der Waals surface area contributed by atoms with Gasteiger partial charge in [0.1, 0.15) is 0 Å². The first-order chi connectivity index (χ1) is 16.6. The summed E-state index contributed by atoms with van der Waals surface area (Å²) in [6.07, 6.45) is 4.58. The van der Waals surface area contributed by atoms with Gasteiger partial charge in [-0.1, -0.05) is 107 Å². The van der Waals surface area contributed by atoms with Crippen LogP contribution in [0.2, 0.25) is 0 Å². The minimum absolute atomic E-state index is 0. The van der Waals surface area contributed by atoms with Crippen molar-refractivity contribution < 1.29 is 37.7 Å². The summed E-state index contributed by atoms with van der Waals surface area (Å²) in [5.41, 5.74) is 5.37. The molecule has 4 aromatic carbocycles. The van der Waals surface area contributed by atoms with E-state index in [-0.39, 0.29) is 37.7 Å². The van der Waals surface area contributed by atoms with Crippen LogP contribution in [-0.4, -0.2) is 0 Å². The molecule has 0 saturated carbocycles. The van der Waals surface area contributed by atoms with Gasteiger partial charge in [0.2, 0.25) is 0 Å². The van der Waals surface area contributed by atoms with Crippen LogP contribution in [-0.2, 0) is 0 Å². The molecule has 0 radical (unpaired) electrons. The summed E-state index contributed by atoms with van der Waals surface area (Å²) < 4.78 is 0. The molecular formula is C34H38Li2. The summed E-state index contributed by atoms with van der Waals surface area (Å²) in [5, 5.41) is 2.63. The van der Waals surface area contributed by atoms with Crippen molar-refractivity contribution in [3.05, 3.63) is 131 Å². The molecule has 0 aliphatic heterocycles. The quantitative estimate of drug-likeness (QED) is 0.250. The van der Waals surface area contributed by atoms with E-state index in [0.717, 1.165) is 12.8 Å². The largest absolute Gasteiger partial charge is 1.00 e. The number of benzene rings is 4. The number of hydrogen-bond donors (Lipinski definition) is 0. The van der Waals surface area contributed by atoms with Gasteiger partial charge in [-0.25, -0.2) is 0 Å². The zero-order chi connectivity index (χ0) is 23.9. The van der Waals surface area contributed by atoms with Crippen LogP contribution >= 0.6 is 0 Å². The second-order valence-electron chi connectivity index (χ2n) is 9.90. The van der Waals surface area contributed by atoms with Gasteiger partial charge in [-0.05, 0) is 17.2 Å². The van der Waals surface area contributed by atoms with E-state index in [0.29, 0.717) is 11.8 Å². The molecule has 0 fully saturated rings. The van der Waals surface area contributed by atoms with Crippen LogP contribution in [0.3, 0.4) is 0 Å². The molecule has 0 aromatic heterocycles. The molecule has 4 aromatic rings. The molecule has 2 atom stereocenters.